The average Bonchev–Trinajstić information content (AvgIpc) is 2.97. The van der Waals surface area contributed by atoms with Gasteiger partial charge in [0.05, 0.1) is 23.7 Å². The van der Waals surface area contributed by atoms with Gasteiger partial charge in [-0.2, -0.15) is 0 Å². The molecular weight excluding hydrogens is 376 g/mol. The van der Waals surface area contributed by atoms with E-state index in [4.69, 9.17) is 14.2 Å². The number of ketones is 2. The molecule has 2 aliphatic heterocycles. The Morgan fingerprint density at radius 1 is 1.28 bits per heavy atom. The lowest BCUT2D eigenvalue weighted by Crippen LogP contribution is -2.57. The molecule has 2 unspecified atom stereocenters. The summed E-state index contributed by atoms with van der Waals surface area (Å²) in [5.74, 6) is -0.862. The van der Waals surface area contributed by atoms with Gasteiger partial charge in [-0.05, 0) is 31.4 Å². The lowest BCUT2D eigenvalue weighted by Gasteiger charge is -2.53. The number of methoxy groups -OCH3 is 1. The third-order valence-corrected chi connectivity index (χ3v) is 7.63. The van der Waals surface area contributed by atoms with Crippen LogP contribution in [-0.4, -0.2) is 55.2 Å². The number of hydrogen-bond acceptors (Lipinski definition) is 7. The van der Waals surface area contributed by atoms with Crippen molar-refractivity contribution in [3.63, 3.8) is 0 Å². The first-order valence-corrected chi connectivity index (χ1v) is 10.0. The number of rotatable bonds is 2. The second-order valence-electron chi connectivity index (χ2n) is 8.99. The summed E-state index contributed by atoms with van der Waals surface area (Å²) >= 11 is 0. The molecule has 3 aliphatic carbocycles. The molecule has 29 heavy (non-hydrogen) atoms. The van der Waals surface area contributed by atoms with Gasteiger partial charge in [0, 0.05) is 36.0 Å². The summed E-state index contributed by atoms with van der Waals surface area (Å²) in [6.45, 7) is 3.95. The molecule has 1 saturated heterocycles. The second kappa shape index (κ2) is 5.89. The highest BCUT2D eigenvalue weighted by Crippen LogP contribution is 2.62. The number of Topliss-reactive ketones (excluding diaryl/α,β-unsaturated/α-hetero) is 2. The number of aliphatic hydroxyl groups is 1. The van der Waals surface area contributed by atoms with Crippen LogP contribution in [0.25, 0.3) is 0 Å². The van der Waals surface area contributed by atoms with Gasteiger partial charge in [0.1, 0.15) is 18.5 Å². The summed E-state index contributed by atoms with van der Waals surface area (Å²) in [6.07, 6.45) is 1.15. The number of hydrogen-bond donors (Lipinski definition) is 1. The van der Waals surface area contributed by atoms with Crippen molar-refractivity contribution < 1.29 is 33.7 Å². The van der Waals surface area contributed by atoms with E-state index < -0.39 is 29.0 Å². The Morgan fingerprint density at radius 3 is 2.76 bits per heavy atom. The van der Waals surface area contributed by atoms with Gasteiger partial charge in [0.25, 0.3) is 0 Å². The summed E-state index contributed by atoms with van der Waals surface area (Å²) in [7, 11) is 1.52. The van der Waals surface area contributed by atoms with Crippen LogP contribution in [0.2, 0.25) is 0 Å². The summed E-state index contributed by atoms with van der Waals surface area (Å²) < 4.78 is 16.8. The van der Waals surface area contributed by atoms with Crippen molar-refractivity contribution in [2.45, 2.75) is 45.3 Å². The highest BCUT2D eigenvalue weighted by atomic mass is 16.6. The maximum absolute atomic E-state index is 13.6. The van der Waals surface area contributed by atoms with Gasteiger partial charge in [-0.15, -0.1) is 0 Å². The molecular formula is C22H24O7. The molecule has 0 aromatic carbocycles. The van der Waals surface area contributed by atoms with Gasteiger partial charge >= 0.3 is 5.97 Å². The Bertz CT molecular complexity index is 954. The number of allylic oxidation sites excluding steroid dienone is 1. The number of aliphatic hydroxyl groups excluding tert-OH is 1. The Morgan fingerprint density at radius 2 is 2.03 bits per heavy atom. The van der Waals surface area contributed by atoms with E-state index >= 15 is 0 Å². The van der Waals surface area contributed by atoms with Crippen molar-refractivity contribution in [1.82, 2.24) is 0 Å². The molecule has 0 bridgehead atoms. The zero-order valence-corrected chi connectivity index (χ0v) is 16.7. The van der Waals surface area contributed by atoms with Crippen LogP contribution in [-0.2, 0) is 28.6 Å². The summed E-state index contributed by atoms with van der Waals surface area (Å²) in [4.78, 5) is 38.9. The molecule has 2 heterocycles. The molecule has 0 radical (unpaired) electrons. The topological polar surface area (TPSA) is 99.1 Å². The zero-order chi connectivity index (χ0) is 20.7. The van der Waals surface area contributed by atoms with Crippen LogP contribution < -0.4 is 0 Å². The van der Waals surface area contributed by atoms with E-state index in [9.17, 15) is 19.5 Å². The van der Waals surface area contributed by atoms with E-state index in [-0.39, 0.29) is 42.9 Å². The largest absolute Gasteiger partial charge is 0.485 e. The van der Waals surface area contributed by atoms with Crippen molar-refractivity contribution in [2.24, 2.45) is 16.7 Å². The minimum absolute atomic E-state index is 0.0829. The lowest BCUT2D eigenvalue weighted by atomic mass is 9.53. The van der Waals surface area contributed by atoms with Gasteiger partial charge in [-0.25, -0.2) is 4.79 Å². The molecule has 5 rings (SSSR count). The van der Waals surface area contributed by atoms with Crippen LogP contribution in [0.4, 0.5) is 0 Å². The van der Waals surface area contributed by atoms with Crippen LogP contribution in [0.3, 0.4) is 0 Å². The maximum Gasteiger partial charge on any atom is 0.338 e. The van der Waals surface area contributed by atoms with E-state index in [1.807, 2.05) is 13.8 Å². The predicted molar refractivity (Wildman–Crippen MR) is 99.4 cm³/mol. The maximum atomic E-state index is 13.6. The molecule has 0 aromatic rings. The highest BCUT2D eigenvalue weighted by molar-refractivity contribution is 6.14. The van der Waals surface area contributed by atoms with Crippen molar-refractivity contribution in [3.8, 4) is 0 Å². The molecule has 1 N–H and O–H groups in total. The molecule has 5 atom stereocenters. The summed E-state index contributed by atoms with van der Waals surface area (Å²) in [5.41, 5.74) is 0.115. The predicted octanol–water partition coefficient (Wildman–Crippen LogP) is 1.40. The van der Waals surface area contributed by atoms with Crippen LogP contribution >= 0.6 is 0 Å². The van der Waals surface area contributed by atoms with Crippen molar-refractivity contribution in [3.05, 3.63) is 34.1 Å². The van der Waals surface area contributed by atoms with Crippen LogP contribution in [0.5, 0.6) is 0 Å². The highest BCUT2D eigenvalue weighted by Gasteiger charge is 2.64. The van der Waals surface area contributed by atoms with Crippen molar-refractivity contribution in [1.29, 1.82) is 0 Å². The number of cyclic esters (lactones) is 1. The van der Waals surface area contributed by atoms with Crippen molar-refractivity contribution in [2.75, 3.05) is 20.3 Å². The van der Waals surface area contributed by atoms with Crippen LogP contribution in [0.1, 0.15) is 33.1 Å². The Balaban J connectivity index is 1.79. The SMILES string of the molecule is COC[C@H]1OC(=O)C2=CCOC3=C2C1(C)C1=C(C3=O)[C@@H]2CCC(=O)C2(C)C[C@H]1O. The fourth-order valence-corrected chi connectivity index (χ4v) is 6.21. The second-order valence-corrected chi connectivity index (χ2v) is 8.99. The van der Waals surface area contributed by atoms with E-state index in [1.165, 1.54) is 7.11 Å². The first-order valence-electron chi connectivity index (χ1n) is 10.0. The third kappa shape index (κ3) is 2.12. The van der Waals surface area contributed by atoms with Gasteiger partial charge in [-0.1, -0.05) is 6.92 Å². The van der Waals surface area contributed by atoms with Gasteiger partial charge < -0.3 is 19.3 Å². The molecule has 5 aliphatic rings. The van der Waals surface area contributed by atoms with Gasteiger partial charge in [0.15, 0.2) is 5.76 Å². The molecule has 0 amide bonds. The first-order chi connectivity index (χ1) is 13.7. The lowest BCUT2D eigenvalue weighted by molar-refractivity contribution is -0.157. The van der Waals surface area contributed by atoms with Crippen LogP contribution in [0, 0.1) is 16.7 Å². The summed E-state index contributed by atoms with van der Waals surface area (Å²) in [5, 5.41) is 11.2. The molecule has 7 heteroatoms. The van der Waals surface area contributed by atoms with Gasteiger partial charge in [-0.3, -0.25) is 9.59 Å². The number of ether oxygens (including phenoxy) is 3. The molecule has 154 valence electrons. The number of carbonyl (C=O) groups is 3. The average molecular weight is 400 g/mol. The zero-order valence-electron chi connectivity index (χ0n) is 16.7. The standard InChI is InChI=1S/C22H24O7/c1-21-8-12(23)17-15(11(21)4-5-13(21)24)18(25)19-16-10(6-7-28-19)20(26)29-14(9-27-3)22(16,17)2/h6,11-12,14,23H,4-5,7-9H2,1-3H3/t11-,12+,14+,21?,22?/m0/s1. The number of esters is 1. The Labute approximate surface area is 168 Å². The van der Waals surface area contributed by atoms with Gasteiger partial charge in [0.2, 0.25) is 5.78 Å². The Hall–Kier alpha value is -2.25. The van der Waals surface area contributed by atoms with E-state index in [0.717, 1.165) is 0 Å². The molecule has 1 saturated carbocycles. The number of fused-ring (bicyclic) bond motifs is 3. The minimum Gasteiger partial charge on any atom is -0.485 e. The third-order valence-electron chi connectivity index (χ3n) is 7.63. The molecule has 0 aromatic heterocycles. The number of carbonyl (C=O) groups excluding carboxylic acids is 3. The monoisotopic (exact) mass is 400 g/mol. The molecule has 2 fully saturated rings. The molecule has 7 nitrogen and oxygen atoms in total. The normalized spacial score (nSPS) is 40.8. The van der Waals surface area contributed by atoms with Crippen molar-refractivity contribution >= 4 is 17.5 Å². The van der Waals surface area contributed by atoms with E-state index in [2.05, 4.69) is 0 Å². The van der Waals surface area contributed by atoms with E-state index in [1.54, 1.807) is 6.08 Å². The Kier molecular flexibility index (Phi) is 3.81. The molecule has 0 spiro atoms. The quantitative estimate of drug-likeness (QED) is 0.700. The van der Waals surface area contributed by atoms with E-state index in [0.29, 0.717) is 35.1 Å². The summed E-state index contributed by atoms with van der Waals surface area (Å²) in [6, 6.07) is 0. The minimum atomic E-state index is -0.990. The fourth-order valence-electron chi connectivity index (χ4n) is 6.21. The smallest absolute Gasteiger partial charge is 0.338 e. The van der Waals surface area contributed by atoms with Crippen LogP contribution in [0.15, 0.2) is 34.1 Å². The fraction of sp³-hybridized carbons (Fsp3) is 0.591. The first kappa shape index (κ1) is 18.8.